The first kappa shape index (κ1) is 22.4. The highest BCUT2D eigenvalue weighted by molar-refractivity contribution is 7.17. The Balaban J connectivity index is 1.62. The standard InChI is InChI=1S/C23H29N5O3S/c1-13-10-17(32-19(13)22(30)28-6-8-31-9-7-28)16-12-25-20-18(27-16)15(11-24-20)21(29)26-14(2)23(3,4)5/h10-12,14H,6-9H2,1-5H3,(H,24,25)(H,26,29)/t14-/m0/s1. The normalized spacial score (nSPS) is 15.7. The molecule has 1 fully saturated rings. The van der Waals surface area contributed by atoms with Crippen molar-refractivity contribution in [2.45, 2.75) is 40.7 Å². The van der Waals surface area contributed by atoms with E-state index in [-0.39, 0.29) is 23.3 Å². The molecule has 1 aliphatic heterocycles. The van der Waals surface area contributed by atoms with Crippen LogP contribution in [0, 0.1) is 12.3 Å². The summed E-state index contributed by atoms with van der Waals surface area (Å²) in [4.78, 5) is 41.4. The lowest BCUT2D eigenvalue weighted by molar-refractivity contribution is 0.0305. The van der Waals surface area contributed by atoms with Gasteiger partial charge in [0.15, 0.2) is 5.65 Å². The van der Waals surface area contributed by atoms with Gasteiger partial charge in [0.05, 0.1) is 40.4 Å². The van der Waals surface area contributed by atoms with E-state index >= 15 is 0 Å². The van der Waals surface area contributed by atoms with Gasteiger partial charge >= 0.3 is 0 Å². The fourth-order valence-corrected chi connectivity index (χ4v) is 4.50. The number of hydrogen-bond donors (Lipinski definition) is 2. The molecular formula is C23H29N5O3S. The molecule has 1 aliphatic rings. The van der Waals surface area contributed by atoms with Crippen molar-refractivity contribution < 1.29 is 14.3 Å². The van der Waals surface area contributed by atoms with Crippen molar-refractivity contribution in [3.63, 3.8) is 0 Å². The zero-order valence-corrected chi connectivity index (χ0v) is 19.9. The lowest BCUT2D eigenvalue weighted by Gasteiger charge is -2.27. The predicted octanol–water partition coefficient (Wildman–Crippen LogP) is 3.63. The van der Waals surface area contributed by atoms with Crippen molar-refractivity contribution in [3.8, 4) is 10.6 Å². The fraction of sp³-hybridized carbons (Fsp3) is 0.478. The Morgan fingerprint density at radius 2 is 2.00 bits per heavy atom. The summed E-state index contributed by atoms with van der Waals surface area (Å²) < 4.78 is 5.35. The zero-order chi connectivity index (χ0) is 23.0. The third-order valence-electron chi connectivity index (χ3n) is 5.93. The summed E-state index contributed by atoms with van der Waals surface area (Å²) in [7, 11) is 0. The summed E-state index contributed by atoms with van der Waals surface area (Å²) in [5.41, 5.74) is 3.03. The highest BCUT2D eigenvalue weighted by Crippen LogP contribution is 2.32. The van der Waals surface area contributed by atoms with Crippen molar-refractivity contribution >= 4 is 34.3 Å². The summed E-state index contributed by atoms with van der Waals surface area (Å²) in [6, 6.07) is 1.95. The predicted molar refractivity (Wildman–Crippen MR) is 125 cm³/mol. The van der Waals surface area contributed by atoms with Crippen LogP contribution in [0.4, 0.5) is 0 Å². The van der Waals surface area contributed by atoms with E-state index in [0.717, 1.165) is 10.4 Å². The highest BCUT2D eigenvalue weighted by atomic mass is 32.1. The molecule has 0 radical (unpaired) electrons. The van der Waals surface area contributed by atoms with Crippen LogP contribution < -0.4 is 5.32 Å². The largest absolute Gasteiger partial charge is 0.378 e. The van der Waals surface area contributed by atoms with E-state index in [4.69, 9.17) is 9.72 Å². The molecule has 0 aromatic carbocycles. The number of rotatable bonds is 4. The van der Waals surface area contributed by atoms with E-state index in [0.29, 0.717) is 53.6 Å². The third-order valence-corrected chi connectivity index (χ3v) is 7.18. The maximum Gasteiger partial charge on any atom is 0.264 e. The van der Waals surface area contributed by atoms with Crippen LogP contribution in [0.3, 0.4) is 0 Å². The quantitative estimate of drug-likeness (QED) is 0.626. The number of aryl methyl sites for hydroxylation is 1. The molecule has 0 spiro atoms. The van der Waals surface area contributed by atoms with E-state index in [1.807, 2.05) is 24.8 Å². The maximum absolute atomic E-state index is 13.0. The minimum atomic E-state index is -0.185. The van der Waals surface area contributed by atoms with E-state index < -0.39 is 0 Å². The smallest absolute Gasteiger partial charge is 0.264 e. The Hall–Kier alpha value is -2.78. The maximum atomic E-state index is 13.0. The Morgan fingerprint density at radius 3 is 2.69 bits per heavy atom. The van der Waals surface area contributed by atoms with Crippen molar-refractivity contribution in [1.82, 2.24) is 25.2 Å². The number of fused-ring (bicyclic) bond motifs is 1. The van der Waals surface area contributed by atoms with E-state index in [9.17, 15) is 9.59 Å². The highest BCUT2D eigenvalue weighted by Gasteiger charge is 2.25. The molecule has 170 valence electrons. The Bertz CT molecular complexity index is 1150. The van der Waals surface area contributed by atoms with Gasteiger partial charge in [-0.15, -0.1) is 11.3 Å². The lowest BCUT2D eigenvalue weighted by atomic mass is 9.88. The average molecular weight is 456 g/mol. The van der Waals surface area contributed by atoms with Crippen LogP contribution in [0.2, 0.25) is 0 Å². The van der Waals surface area contributed by atoms with Crippen molar-refractivity contribution in [2.75, 3.05) is 26.3 Å². The van der Waals surface area contributed by atoms with Crippen LogP contribution in [0.15, 0.2) is 18.5 Å². The fourth-order valence-electron chi connectivity index (χ4n) is 3.40. The molecule has 0 unspecified atom stereocenters. The molecule has 3 aromatic rings. The van der Waals surface area contributed by atoms with Gasteiger partial charge < -0.3 is 19.9 Å². The molecule has 9 heteroatoms. The molecule has 1 atom stereocenters. The number of carbonyl (C=O) groups is 2. The van der Waals surface area contributed by atoms with Gasteiger partial charge in [-0.1, -0.05) is 20.8 Å². The molecule has 3 aromatic heterocycles. The summed E-state index contributed by atoms with van der Waals surface area (Å²) in [6.07, 6.45) is 3.32. The summed E-state index contributed by atoms with van der Waals surface area (Å²) >= 11 is 1.41. The molecule has 0 bridgehead atoms. The first-order chi connectivity index (χ1) is 15.1. The minimum Gasteiger partial charge on any atom is -0.378 e. The van der Waals surface area contributed by atoms with Gasteiger partial charge in [-0.25, -0.2) is 9.97 Å². The Morgan fingerprint density at radius 1 is 1.28 bits per heavy atom. The molecule has 8 nitrogen and oxygen atoms in total. The van der Waals surface area contributed by atoms with Gasteiger partial charge in [0.25, 0.3) is 11.8 Å². The van der Waals surface area contributed by atoms with Gasteiger partial charge in [0, 0.05) is 25.3 Å². The van der Waals surface area contributed by atoms with Gasteiger partial charge in [-0.2, -0.15) is 0 Å². The van der Waals surface area contributed by atoms with Crippen LogP contribution in [0.25, 0.3) is 21.7 Å². The molecule has 2 amide bonds. The number of carbonyl (C=O) groups excluding carboxylic acids is 2. The Labute approximate surface area is 191 Å². The number of hydrogen-bond acceptors (Lipinski definition) is 6. The second-order valence-electron chi connectivity index (χ2n) is 9.24. The Kier molecular flexibility index (Phi) is 6.05. The van der Waals surface area contributed by atoms with Crippen LogP contribution in [-0.4, -0.2) is 64.0 Å². The van der Waals surface area contributed by atoms with Crippen molar-refractivity contribution in [1.29, 1.82) is 0 Å². The van der Waals surface area contributed by atoms with Crippen LogP contribution >= 0.6 is 11.3 Å². The number of aromatic amines is 1. The molecule has 1 saturated heterocycles. The second kappa shape index (κ2) is 8.63. The molecule has 4 rings (SSSR count). The van der Waals surface area contributed by atoms with E-state index in [2.05, 4.69) is 36.1 Å². The van der Waals surface area contributed by atoms with Gasteiger partial charge in [-0.3, -0.25) is 9.59 Å². The van der Waals surface area contributed by atoms with E-state index in [1.165, 1.54) is 11.3 Å². The number of aromatic nitrogens is 3. The van der Waals surface area contributed by atoms with Crippen molar-refractivity contribution in [3.05, 3.63) is 34.5 Å². The monoisotopic (exact) mass is 455 g/mol. The molecule has 4 heterocycles. The summed E-state index contributed by atoms with van der Waals surface area (Å²) in [6.45, 7) is 12.5. The van der Waals surface area contributed by atoms with Crippen LogP contribution in [-0.2, 0) is 4.74 Å². The molecule has 2 N–H and O–H groups in total. The molecule has 0 saturated carbocycles. The number of ether oxygens (including phenoxy) is 1. The van der Waals surface area contributed by atoms with E-state index in [1.54, 1.807) is 12.4 Å². The second-order valence-corrected chi connectivity index (χ2v) is 10.3. The third kappa shape index (κ3) is 4.40. The molecule has 32 heavy (non-hydrogen) atoms. The topological polar surface area (TPSA) is 100 Å². The minimum absolute atomic E-state index is 0.00945. The summed E-state index contributed by atoms with van der Waals surface area (Å²) in [5.74, 6) is -0.162. The first-order valence-electron chi connectivity index (χ1n) is 10.8. The number of nitrogens with zero attached hydrogens (tertiary/aromatic N) is 3. The molecular weight excluding hydrogens is 426 g/mol. The first-order valence-corrected chi connectivity index (χ1v) is 11.6. The van der Waals surface area contributed by atoms with Crippen molar-refractivity contribution in [2.24, 2.45) is 5.41 Å². The number of amides is 2. The lowest BCUT2D eigenvalue weighted by Crippen LogP contribution is -2.41. The number of nitrogens with one attached hydrogen (secondary N) is 2. The van der Waals surface area contributed by atoms with Gasteiger partial charge in [0.2, 0.25) is 0 Å². The number of H-pyrrole nitrogens is 1. The molecule has 0 aliphatic carbocycles. The summed E-state index contributed by atoms with van der Waals surface area (Å²) in [5, 5.41) is 3.05. The zero-order valence-electron chi connectivity index (χ0n) is 19.1. The van der Waals surface area contributed by atoms with Gasteiger partial charge in [-0.05, 0) is 30.9 Å². The average Bonchev–Trinajstić information content (AvgIpc) is 3.36. The SMILES string of the molecule is Cc1cc(-c2cnc3[nH]cc(C(=O)N[C@@H](C)C(C)(C)C)c3n2)sc1C(=O)N1CCOCC1. The number of morpholine rings is 1. The van der Waals surface area contributed by atoms with Crippen LogP contribution in [0.5, 0.6) is 0 Å². The number of thiophene rings is 1. The van der Waals surface area contributed by atoms with Gasteiger partial charge in [0.1, 0.15) is 5.52 Å². The van der Waals surface area contributed by atoms with Crippen LogP contribution in [0.1, 0.15) is 53.3 Å².